The van der Waals surface area contributed by atoms with Crippen LogP contribution in [0.15, 0.2) is 72.9 Å². The summed E-state index contributed by atoms with van der Waals surface area (Å²) in [5, 5.41) is 0.397. The van der Waals surface area contributed by atoms with Gasteiger partial charge >= 0.3 is 0 Å². The standard InChI is InChI=1S/C20H17ClN2O2/c1-25-18-11-10-16(13-17(18)21)20(24)23(19-9-5-6-12-22-19)14-15-7-3-2-4-8-15/h2-13H,14H2,1H3. The number of pyridine rings is 1. The van der Waals surface area contributed by atoms with Crippen LogP contribution in [0.1, 0.15) is 15.9 Å². The normalized spacial score (nSPS) is 10.3. The van der Waals surface area contributed by atoms with Crippen LogP contribution >= 0.6 is 11.6 Å². The van der Waals surface area contributed by atoms with Crippen molar-refractivity contribution in [3.05, 3.63) is 89.1 Å². The molecule has 1 aromatic heterocycles. The Balaban J connectivity index is 1.96. The van der Waals surface area contributed by atoms with Gasteiger partial charge in [0.05, 0.1) is 18.7 Å². The lowest BCUT2D eigenvalue weighted by Gasteiger charge is -2.22. The molecule has 0 N–H and O–H groups in total. The number of aromatic nitrogens is 1. The molecule has 0 fully saturated rings. The van der Waals surface area contributed by atoms with Gasteiger partial charge in [-0.1, -0.05) is 48.0 Å². The van der Waals surface area contributed by atoms with E-state index in [1.165, 1.54) is 7.11 Å². The summed E-state index contributed by atoms with van der Waals surface area (Å²) >= 11 is 6.17. The van der Waals surface area contributed by atoms with E-state index in [1.807, 2.05) is 48.5 Å². The van der Waals surface area contributed by atoms with Crippen LogP contribution in [0, 0.1) is 0 Å². The molecule has 4 nitrogen and oxygen atoms in total. The molecule has 1 heterocycles. The molecule has 0 unspecified atom stereocenters. The topological polar surface area (TPSA) is 42.4 Å². The van der Waals surface area contributed by atoms with Gasteiger partial charge in [0.1, 0.15) is 11.6 Å². The predicted molar refractivity (Wildman–Crippen MR) is 99.2 cm³/mol. The van der Waals surface area contributed by atoms with Gasteiger partial charge in [-0.05, 0) is 35.9 Å². The first-order valence-electron chi connectivity index (χ1n) is 7.79. The number of anilines is 1. The van der Waals surface area contributed by atoms with Gasteiger partial charge < -0.3 is 4.74 Å². The molecule has 0 aliphatic heterocycles. The first-order chi connectivity index (χ1) is 12.2. The van der Waals surface area contributed by atoms with E-state index in [9.17, 15) is 4.79 Å². The highest BCUT2D eigenvalue weighted by Gasteiger charge is 2.20. The first-order valence-corrected chi connectivity index (χ1v) is 8.17. The van der Waals surface area contributed by atoms with Crippen LogP contribution in [-0.2, 0) is 6.54 Å². The molecule has 5 heteroatoms. The summed E-state index contributed by atoms with van der Waals surface area (Å²) in [6.07, 6.45) is 1.67. The summed E-state index contributed by atoms with van der Waals surface area (Å²) in [6, 6.07) is 20.3. The number of methoxy groups -OCH3 is 1. The lowest BCUT2D eigenvalue weighted by Crippen LogP contribution is -2.31. The third-order valence-corrected chi connectivity index (χ3v) is 4.05. The van der Waals surface area contributed by atoms with Crippen LogP contribution in [0.3, 0.4) is 0 Å². The number of halogens is 1. The van der Waals surface area contributed by atoms with Crippen molar-refractivity contribution in [2.24, 2.45) is 0 Å². The number of amides is 1. The maximum Gasteiger partial charge on any atom is 0.259 e. The average Bonchev–Trinajstić information content (AvgIpc) is 2.67. The van der Waals surface area contributed by atoms with Gasteiger partial charge in [0.2, 0.25) is 0 Å². The Hall–Kier alpha value is -2.85. The lowest BCUT2D eigenvalue weighted by atomic mass is 10.1. The fraction of sp³-hybridized carbons (Fsp3) is 0.100. The Morgan fingerprint density at radius 1 is 1.08 bits per heavy atom. The zero-order valence-electron chi connectivity index (χ0n) is 13.7. The monoisotopic (exact) mass is 352 g/mol. The van der Waals surface area contributed by atoms with Gasteiger partial charge in [0, 0.05) is 11.8 Å². The molecular formula is C20H17ClN2O2. The van der Waals surface area contributed by atoms with E-state index in [0.717, 1.165) is 5.56 Å². The number of hydrogen-bond donors (Lipinski definition) is 0. The van der Waals surface area contributed by atoms with Crippen molar-refractivity contribution in [1.29, 1.82) is 0 Å². The Kier molecular flexibility index (Phi) is 5.31. The molecule has 2 aromatic carbocycles. The highest BCUT2D eigenvalue weighted by Crippen LogP contribution is 2.26. The Morgan fingerprint density at radius 2 is 1.84 bits per heavy atom. The highest BCUT2D eigenvalue weighted by atomic mass is 35.5. The fourth-order valence-corrected chi connectivity index (χ4v) is 2.75. The number of nitrogens with zero attached hydrogens (tertiary/aromatic N) is 2. The molecule has 126 valence electrons. The van der Waals surface area contributed by atoms with Crippen LogP contribution in [-0.4, -0.2) is 18.0 Å². The van der Waals surface area contributed by atoms with Crippen molar-refractivity contribution >= 4 is 23.3 Å². The van der Waals surface area contributed by atoms with Crippen LogP contribution in [0.5, 0.6) is 5.75 Å². The van der Waals surface area contributed by atoms with Crippen molar-refractivity contribution in [1.82, 2.24) is 4.98 Å². The SMILES string of the molecule is COc1ccc(C(=O)N(Cc2ccccc2)c2ccccn2)cc1Cl. The number of carbonyl (C=O) groups excluding carboxylic acids is 1. The van der Waals surface area contributed by atoms with E-state index >= 15 is 0 Å². The number of hydrogen-bond acceptors (Lipinski definition) is 3. The van der Waals surface area contributed by atoms with Gasteiger partial charge in [0.25, 0.3) is 5.91 Å². The molecule has 0 saturated carbocycles. The summed E-state index contributed by atoms with van der Waals surface area (Å²) in [5.41, 5.74) is 1.49. The Bertz CT molecular complexity index is 854. The first kappa shape index (κ1) is 17.0. The third-order valence-electron chi connectivity index (χ3n) is 3.75. The number of benzene rings is 2. The van der Waals surface area contributed by atoms with E-state index in [-0.39, 0.29) is 5.91 Å². The lowest BCUT2D eigenvalue weighted by molar-refractivity contribution is 0.0984. The van der Waals surface area contributed by atoms with E-state index in [0.29, 0.717) is 28.7 Å². The van der Waals surface area contributed by atoms with E-state index in [2.05, 4.69) is 4.98 Å². The predicted octanol–water partition coefficient (Wildman–Crippen LogP) is 4.59. The van der Waals surface area contributed by atoms with Crippen LogP contribution in [0.25, 0.3) is 0 Å². The minimum atomic E-state index is -0.174. The summed E-state index contributed by atoms with van der Waals surface area (Å²) in [4.78, 5) is 19.0. The largest absolute Gasteiger partial charge is 0.495 e. The zero-order valence-corrected chi connectivity index (χ0v) is 14.5. The molecule has 25 heavy (non-hydrogen) atoms. The van der Waals surface area contributed by atoms with Gasteiger partial charge in [-0.2, -0.15) is 0 Å². The smallest absolute Gasteiger partial charge is 0.259 e. The maximum atomic E-state index is 13.1. The highest BCUT2D eigenvalue weighted by molar-refractivity contribution is 6.32. The Morgan fingerprint density at radius 3 is 2.48 bits per heavy atom. The van der Waals surface area contributed by atoms with E-state index < -0.39 is 0 Å². The summed E-state index contributed by atoms with van der Waals surface area (Å²) < 4.78 is 5.15. The molecular weight excluding hydrogens is 336 g/mol. The second-order valence-electron chi connectivity index (χ2n) is 5.41. The van der Waals surface area contributed by atoms with Crippen LogP contribution < -0.4 is 9.64 Å². The number of carbonyl (C=O) groups is 1. The summed E-state index contributed by atoms with van der Waals surface area (Å²) in [7, 11) is 1.54. The molecule has 0 radical (unpaired) electrons. The number of rotatable bonds is 5. The molecule has 0 atom stereocenters. The van der Waals surface area contributed by atoms with Gasteiger partial charge in [0.15, 0.2) is 0 Å². The Labute approximate surface area is 151 Å². The van der Waals surface area contributed by atoms with Crippen molar-refractivity contribution in [2.45, 2.75) is 6.54 Å². The summed E-state index contributed by atoms with van der Waals surface area (Å²) in [5.74, 6) is 0.945. The number of ether oxygens (including phenoxy) is 1. The van der Waals surface area contributed by atoms with Gasteiger partial charge in [-0.25, -0.2) is 4.98 Å². The second-order valence-corrected chi connectivity index (χ2v) is 5.82. The van der Waals surface area contributed by atoms with E-state index in [1.54, 1.807) is 29.3 Å². The second kappa shape index (κ2) is 7.81. The average molecular weight is 353 g/mol. The van der Waals surface area contributed by atoms with Crippen LogP contribution in [0.2, 0.25) is 5.02 Å². The van der Waals surface area contributed by atoms with Crippen molar-refractivity contribution < 1.29 is 9.53 Å². The fourth-order valence-electron chi connectivity index (χ4n) is 2.49. The molecule has 0 saturated heterocycles. The zero-order chi connectivity index (χ0) is 17.6. The van der Waals surface area contributed by atoms with Crippen molar-refractivity contribution in [2.75, 3.05) is 12.0 Å². The molecule has 0 aliphatic carbocycles. The molecule has 0 spiro atoms. The summed E-state index contributed by atoms with van der Waals surface area (Å²) in [6.45, 7) is 0.417. The van der Waals surface area contributed by atoms with Gasteiger partial charge in [-0.15, -0.1) is 0 Å². The third kappa shape index (κ3) is 3.98. The van der Waals surface area contributed by atoms with Crippen molar-refractivity contribution in [3.63, 3.8) is 0 Å². The van der Waals surface area contributed by atoms with Crippen molar-refractivity contribution in [3.8, 4) is 5.75 Å². The minimum Gasteiger partial charge on any atom is -0.495 e. The molecule has 3 aromatic rings. The molecule has 0 bridgehead atoms. The molecule has 0 aliphatic rings. The quantitative estimate of drug-likeness (QED) is 0.674. The van der Waals surface area contributed by atoms with Crippen LogP contribution in [0.4, 0.5) is 5.82 Å². The van der Waals surface area contributed by atoms with Gasteiger partial charge in [-0.3, -0.25) is 9.69 Å². The van der Waals surface area contributed by atoms with E-state index in [4.69, 9.17) is 16.3 Å². The maximum absolute atomic E-state index is 13.1. The molecule has 1 amide bonds. The minimum absolute atomic E-state index is 0.174. The molecule has 3 rings (SSSR count).